The van der Waals surface area contributed by atoms with Gasteiger partial charge in [0.25, 0.3) is 5.91 Å². The Morgan fingerprint density at radius 3 is 2.42 bits per heavy atom. The molecule has 0 aliphatic heterocycles. The zero-order valence-corrected chi connectivity index (χ0v) is 19.0. The van der Waals surface area contributed by atoms with Crippen molar-refractivity contribution in [1.29, 1.82) is 0 Å². The fourth-order valence-corrected chi connectivity index (χ4v) is 4.06. The van der Waals surface area contributed by atoms with Crippen molar-refractivity contribution in [2.24, 2.45) is 5.10 Å². The predicted molar refractivity (Wildman–Crippen MR) is 117 cm³/mol. The molecule has 0 atom stereocenters. The highest BCUT2D eigenvalue weighted by Crippen LogP contribution is 2.28. The molecule has 1 N–H and O–H groups in total. The van der Waals surface area contributed by atoms with Gasteiger partial charge in [0.2, 0.25) is 10.0 Å². The number of carbonyl (C=O) groups excluding carboxylic acids is 1. The van der Waals surface area contributed by atoms with Gasteiger partial charge in [-0.1, -0.05) is 6.07 Å². The van der Waals surface area contributed by atoms with Gasteiger partial charge < -0.3 is 14.2 Å². The number of benzene rings is 2. The highest BCUT2D eigenvalue weighted by molar-refractivity contribution is 7.89. The number of aryl methyl sites for hydroxylation is 1. The number of hydrogen-bond acceptors (Lipinski definition) is 7. The molecule has 0 unspecified atom stereocenters. The number of hydrogen-bond donors (Lipinski definition) is 1. The molecule has 0 fully saturated rings. The van der Waals surface area contributed by atoms with Crippen molar-refractivity contribution in [1.82, 2.24) is 9.73 Å². The maximum Gasteiger partial charge on any atom is 0.255 e. The Morgan fingerprint density at radius 2 is 1.77 bits per heavy atom. The van der Waals surface area contributed by atoms with Crippen molar-refractivity contribution in [3.63, 3.8) is 0 Å². The van der Waals surface area contributed by atoms with E-state index in [-0.39, 0.29) is 10.6 Å². The van der Waals surface area contributed by atoms with Crippen molar-refractivity contribution in [3.8, 4) is 17.2 Å². The largest absolute Gasteiger partial charge is 0.495 e. The number of likely N-dealkylation sites (N-methyl/N-ethyl adjacent to an activating group) is 1. The van der Waals surface area contributed by atoms with Gasteiger partial charge >= 0.3 is 0 Å². The number of sulfonamides is 1. The van der Waals surface area contributed by atoms with Crippen LogP contribution in [-0.4, -0.2) is 59.3 Å². The Bertz CT molecular complexity index is 1050. The van der Waals surface area contributed by atoms with Crippen LogP contribution in [0.1, 0.15) is 18.1 Å². The van der Waals surface area contributed by atoms with E-state index in [2.05, 4.69) is 10.5 Å². The number of amides is 1. The molecule has 0 aromatic heterocycles. The van der Waals surface area contributed by atoms with Gasteiger partial charge in [-0.3, -0.25) is 4.79 Å². The van der Waals surface area contributed by atoms with Gasteiger partial charge in [0.05, 0.1) is 33.6 Å². The van der Waals surface area contributed by atoms with Crippen LogP contribution < -0.4 is 19.6 Å². The van der Waals surface area contributed by atoms with E-state index < -0.39 is 22.5 Å². The van der Waals surface area contributed by atoms with Gasteiger partial charge in [-0.05, 0) is 55.3 Å². The standard InChI is InChI=1S/C21H27N3O6S/c1-6-30-17-10-8-16(12-19(17)29-5)13-22-23-21(25)14-24(3)31(26,27)20-11-15(2)7-9-18(20)28-4/h7-13H,6,14H2,1-5H3,(H,23,25). The number of carbonyl (C=O) groups is 1. The Balaban J connectivity index is 2.05. The molecular formula is C21H27N3O6S. The zero-order valence-electron chi connectivity index (χ0n) is 18.2. The molecule has 0 heterocycles. The van der Waals surface area contributed by atoms with E-state index in [1.807, 2.05) is 6.92 Å². The second-order valence-electron chi connectivity index (χ2n) is 6.55. The van der Waals surface area contributed by atoms with E-state index in [0.717, 1.165) is 9.87 Å². The van der Waals surface area contributed by atoms with E-state index in [1.54, 1.807) is 37.3 Å². The third-order valence-electron chi connectivity index (χ3n) is 4.26. The van der Waals surface area contributed by atoms with Crippen LogP contribution in [0.5, 0.6) is 17.2 Å². The van der Waals surface area contributed by atoms with Crippen LogP contribution in [0.25, 0.3) is 0 Å². The summed E-state index contributed by atoms with van der Waals surface area (Å²) < 4.78 is 42.5. The fraction of sp³-hybridized carbons (Fsp3) is 0.333. The van der Waals surface area contributed by atoms with Crippen LogP contribution in [0.4, 0.5) is 0 Å². The van der Waals surface area contributed by atoms with Gasteiger partial charge in [0.1, 0.15) is 10.6 Å². The molecule has 168 valence electrons. The Labute approximate surface area is 182 Å². The molecular weight excluding hydrogens is 422 g/mol. The number of rotatable bonds is 10. The minimum absolute atomic E-state index is 0.00437. The number of ether oxygens (including phenoxy) is 3. The molecule has 0 bridgehead atoms. The average Bonchev–Trinajstić information content (AvgIpc) is 2.74. The first-order valence-corrected chi connectivity index (χ1v) is 10.9. The molecule has 9 nitrogen and oxygen atoms in total. The Morgan fingerprint density at radius 1 is 1.10 bits per heavy atom. The van der Waals surface area contributed by atoms with Gasteiger partial charge in [-0.25, -0.2) is 13.8 Å². The SMILES string of the molecule is CCOc1ccc(C=NNC(=O)CN(C)S(=O)(=O)c2cc(C)ccc2OC)cc1OC. The molecule has 0 saturated heterocycles. The topological polar surface area (TPSA) is 107 Å². The highest BCUT2D eigenvalue weighted by atomic mass is 32.2. The van der Waals surface area contributed by atoms with Gasteiger partial charge in [-0.15, -0.1) is 0 Å². The van der Waals surface area contributed by atoms with Crippen LogP contribution in [0.15, 0.2) is 46.4 Å². The van der Waals surface area contributed by atoms with Gasteiger partial charge in [-0.2, -0.15) is 9.41 Å². The van der Waals surface area contributed by atoms with Crippen molar-refractivity contribution < 1.29 is 27.4 Å². The summed E-state index contributed by atoms with van der Waals surface area (Å²) in [5.41, 5.74) is 3.75. The average molecular weight is 450 g/mol. The summed E-state index contributed by atoms with van der Waals surface area (Å²) in [6.45, 7) is 3.74. The molecule has 0 saturated carbocycles. The smallest absolute Gasteiger partial charge is 0.255 e. The Kier molecular flexibility index (Phi) is 8.40. The first kappa shape index (κ1) is 24.2. The number of nitrogens with one attached hydrogen (secondary N) is 1. The molecule has 2 aromatic rings. The predicted octanol–water partition coefficient (Wildman–Crippen LogP) is 2.18. The summed E-state index contributed by atoms with van der Waals surface area (Å²) in [5, 5.41) is 3.88. The lowest BCUT2D eigenvalue weighted by molar-refractivity contribution is -0.121. The molecule has 0 spiro atoms. The number of hydrazone groups is 1. The van der Waals surface area contributed by atoms with Crippen LogP contribution in [0.2, 0.25) is 0 Å². The maximum atomic E-state index is 12.9. The molecule has 10 heteroatoms. The maximum absolute atomic E-state index is 12.9. The lowest BCUT2D eigenvalue weighted by Gasteiger charge is -2.18. The number of nitrogens with zero attached hydrogens (tertiary/aromatic N) is 2. The van der Waals surface area contributed by atoms with E-state index in [4.69, 9.17) is 14.2 Å². The summed E-state index contributed by atoms with van der Waals surface area (Å²) in [4.78, 5) is 12.2. The van der Waals surface area contributed by atoms with Crippen molar-refractivity contribution in [2.75, 3.05) is 34.4 Å². The summed E-state index contributed by atoms with van der Waals surface area (Å²) in [7, 11) is 0.304. The van der Waals surface area contributed by atoms with Crippen LogP contribution in [0, 0.1) is 6.92 Å². The first-order valence-electron chi connectivity index (χ1n) is 9.46. The molecule has 2 rings (SSSR count). The van der Waals surface area contributed by atoms with Gasteiger partial charge in [0, 0.05) is 7.05 Å². The lowest BCUT2D eigenvalue weighted by Crippen LogP contribution is -2.36. The fourth-order valence-electron chi connectivity index (χ4n) is 2.69. The van der Waals surface area contributed by atoms with Crippen molar-refractivity contribution in [3.05, 3.63) is 47.5 Å². The minimum Gasteiger partial charge on any atom is -0.495 e. The van der Waals surface area contributed by atoms with Crippen LogP contribution in [-0.2, 0) is 14.8 Å². The van der Waals surface area contributed by atoms with E-state index in [1.165, 1.54) is 33.5 Å². The molecule has 1 amide bonds. The van der Waals surface area contributed by atoms with E-state index in [9.17, 15) is 13.2 Å². The third-order valence-corrected chi connectivity index (χ3v) is 6.09. The number of methoxy groups -OCH3 is 2. The highest BCUT2D eigenvalue weighted by Gasteiger charge is 2.26. The summed E-state index contributed by atoms with van der Waals surface area (Å²) >= 11 is 0. The first-order chi connectivity index (χ1) is 14.7. The zero-order chi connectivity index (χ0) is 23.0. The summed E-state index contributed by atoms with van der Waals surface area (Å²) in [6, 6.07) is 10.0. The molecule has 0 aliphatic carbocycles. The van der Waals surface area contributed by atoms with Crippen molar-refractivity contribution in [2.45, 2.75) is 18.7 Å². The normalized spacial score (nSPS) is 11.5. The Hall–Kier alpha value is -3.11. The second kappa shape index (κ2) is 10.8. The van der Waals surface area contributed by atoms with Crippen LogP contribution >= 0.6 is 0 Å². The summed E-state index contributed by atoms with van der Waals surface area (Å²) in [5.74, 6) is 0.756. The molecule has 0 aliphatic rings. The van der Waals surface area contributed by atoms with E-state index in [0.29, 0.717) is 23.7 Å². The lowest BCUT2D eigenvalue weighted by atomic mass is 10.2. The third kappa shape index (κ3) is 6.19. The summed E-state index contributed by atoms with van der Waals surface area (Å²) in [6.07, 6.45) is 1.42. The quantitative estimate of drug-likeness (QED) is 0.440. The molecule has 0 radical (unpaired) electrons. The molecule has 2 aromatic carbocycles. The van der Waals surface area contributed by atoms with Gasteiger partial charge in [0.15, 0.2) is 11.5 Å². The molecule has 31 heavy (non-hydrogen) atoms. The van der Waals surface area contributed by atoms with Crippen molar-refractivity contribution >= 4 is 22.1 Å². The monoisotopic (exact) mass is 449 g/mol. The minimum atomic E-state index is -3.93. The van der Waals surface area contributed by atoms with E-state index >= 15 is 0 Å². The second-order valence-corrected chi connectivity index (χ2v) is 8.57. The van der Waals surface area contributed by atoms with Crippen LogP contribution in [0.3, 0.4) is 0 Å².